The second-order valence-electron chi connectivity index (χ2n) is 8.27. The van der Waals surface area contributed by atoms with Crippen molar-refractivity contribution in [3.05, 3.63) is 40.4 Å². The van der Waals surface area contributed by atoms with Crippen molar-refractivity contribution in [2.24, 2.45) is 0 Å². The van der Waals surface area contributed by atoms with Crippen LogP contribution in [0.25, 0.3) is 11.0 Å². The Hall–Kier alpha value is -2.90. The first kappa shape index (κ1) is 18.1. The molecule has 0 aliphatic heterocycles. The van der Waals surface area contributed by atoms with Crippen molar-refractivity contribution in [1.82, 2.24) is 24.5 Å². The Kier molecular flexibility index (Phi) is 4.69. The van der Waals surface area contributed by atoms with Gasteiger partial charge in [0.15, 0.2) is 0 Å². The third-order valence-electron chi connectivity index (χ3n) is 6.32. The topological polar surface area (TPSA) is 97.6 Å². The minimum atomic E-state index is -0.198. The standard InChI is InChI=1S/C21H26N6O2/c28-19(24-18-9-10-22-26(18)15-5-1-2-6-15)11-14-12-20(29)25-21-17(14)13-23-27(21)16-7-3-4-8-16/h9-10,12-13,15-16H,1-8,11H2,(H,24,28)(H,25,29). The van der Waals surface area contributed by atoms with Crippen LogP contribution in [-0.2, 0) is 11.2 Å². The number of carbonyl (C=O) groups is 1. The fourth-order valence-electron chi connectivity index (χ4n) is 4.90. The van der Waals surface area contributed by atoms with Crippen molar-refractivity contribution in [2.45, 2.75) is 69.9 Å². The monoisotopic (exact) mass is 394 g/mol. The highest BCUT2D eigenvalue weighted by Crippen LogP contribution is 2.32. The van der Waals surface area contributed by atoms with Gasteiger partial charge in [0.2, 0.25) is 11.5 Å². The van der Waals surface area contributed by atoms with E-state index in [-0.39, 0.29) is 17.9 Å². The van der Waals surface area contributed by atoms with Gasteiger partial charge in [-0.25, -0.2) is 9.36 Å². The van der Waals surface area contributed by atoms with E-state index in [4.69, 9.17) is 0 Å². The lowest BCUT2D eigenvalue weighted by Crippen LogP contribution is -2.20. The number of aromatic amines is 1. The smallest absolute Gasteiger partial charge is 0.249 e. The maximum atomic E-state index is 12.8. The van der Waals surface area contributed by atoms with Gasteiger partial charge < -0.3 is 10.3 Å². The minimum Gasteiger partial charge on any atom is -0.311 e. The molecule has 29 heavy (non-hydrogen) atoms. The van der Waals surface area contributed by atoms with Crippen LogP contribution < -0.4 is 10.9 Å². The number of hydrogen-bond acceptors (Lipinski definition) is 4. The van der Waals surface area contributed by atoms with E-state index >= 15 is 0 Å². The zero-order valence-corrected chi connectivity index (χ0v) is 16.4. The van der Waals surface area contributed by atoms with E-state index < -0.39 is 0 Å². The number of carbonyl (C=O) groups excluding carboxylic acids is 1. The van der Waals surface area contributed by atoms with E-state index in [1.807, 2.05) is 15.4 Å². The molecule has 0 spiro atoms. The molecule has 0 aromatic carbocycles. The molecule has 0 atom stereocenters. The maximum Gasteiger partial charge on any atom is 0.249 e. The quantitative estimate of drug-likeness (QED) is 0.693. The highest BCUT2D eigenvalue weighted by molar-refractivity contribution is 5.94. The molecule has 0 saturated heterocycles. The van der Waals surface area contributed by atoms with Crippen LogP contribution in [0.15, 0.2) is 29.3 Å². The first-order valence-corrected chi connectivity index (χ1v) is 10.6. The molecule has 2 aliphatic rings. The average molecular weight is 394 g/mol. The van der Waals surface area contributed by atoms with Crippen LogP contribution >= 0.6 is 0 Å². The van der Waals surface area contributed by atoms with Gasteiger partial charge in [0.05, 0.1) is 30.9 Å². The van der Waals surface area contributed by atoms with Gasteiger partial charge in [0.1, 0.15) is 11.5 Å². The predicted molar refractivity (Wildman–Crippen MR) is 110 cm³/mol. The Morgan fingerprint density at radius 1 is 1.07 bits per heavy atom. The molecule has 0 unspecified atom stereocenters. The molecule has 5 rings (SSSR count). The number of pyridine rings is 1. The van der Waals surface area contributed by atoms with Gasteiger partial charge in [0, 0.05) is 17.5 Å². The van der Waals surface area contributed by atoms with Crippen LogP contribution in [0, 0.1) is 0 Å². The second-order valence-corrected chi connectivity index (χ2v) is 8.27. The molecule has 2 aliphatic carbocycles. The lowest BCUT2D eigenvalue weighted by atomic mass is 10.1. The number of H-pyrrole nitrogens is 1. The molecule has 152 valence electrons. The normalized spacial score (nSPS) is 18.1. The maximum absolute atomic E-state index is 12.8. The number of rotatable bonds is 5. The van der Waals surface area contributed by atoms with Crippen molar-refractivity contribution in [3.63, 3.8) is 0 Å². The molecular weight excluding hydrogens is 368 g/mol. The Morgan fingerprint density at radius 2 is 1.76 bits per heavy atom. The number of hydrogen-bond donors (Lipinski definition) is 2. The number of nitrogens with one attached hydrogen (secondary N) is 2. The van der Waals surface area contributed by atoms with E-state index in [2.05, 4.69) is 20.5 Å². The highest BCUT2D eigenvalue weighted by atomic mass is 16.1. The molecule has 1 amide bonds. The summed E-state index contributed by atoms with van der Waals surface area (Å²) in [5.74, 6) is 0.579. The van der Waals surface area contributed by atoms with Crippen molar-refractivity contribution >= 4 is 22.8 Å². The fraction of sp³-hybridized carbons (Fsp3) is 0.524. The summed E-state index contributed by atoms with van der Waals surface area (Å²) in [5.41, 5.74) is 1.23. The summed E-state index contributed by atoms with van der Waals surface area (Å²) in [6.07, 6.45) is 12.8. The molecule has 0 radical (unpaired) electrons. The van der Waals surface area contributed by atoms with Gasteiger partial charge in [-0.15, -0.1) is 0 Å². The minimum absolute atomic E-state index is 0.132. The summed E-state index contributed by atoms with van der Waals surface area (Å²) in [4.78, 5) is 27.9. The summed E-state index contributed by atoms with van der Waals surface area (Å²) < 4.78 is 3.86. The van der Waals surface area contributed by atoms with Gasteiger partial charge >= 0.3 is 0 Å². The first-order chi connectivity index (χ1) is 14.2. The van der Waals surface area contributed by atoms with Crippen LogP contribution in [0.3, 0.4) is 0 Å². The zero-order chi connectivity index (χ0) is 19.8. The summed E-state index contributed by atoms with van der Waals surface area (Å²) in [7, 11) is 0. The molecule has 2 N–H and O–H groups in total. The first-order valence-electron chi connectivity index (χ1n) is 10.6. The van der Waals surface area contributed by atoms with Crippen molar-refractivity contribution in [2.75, 3.05) is 5.32 Å². The van der Waals surface area contributed by atoms with E-state index in [1.54, 1.807) is 12.4 Å². The highest BCUT2D eigenvalue weighted by Gasteiger charge is 2.23. The van der Waals surface area contributed by atoms with E-state index in [0.717, 1.165) is 42.5 Å². The van der Waals surface area contributed by atoms with Crippen LogP contribution in [0.1, 0.15) is 69.0 Å². The van der Waals surface area contributed by atoms with E-state index in [0.29, 0.717) is 17.6 Å². The molecule has 0 bridgehead atoms. The number of anilines is 1. The summed E-state index contributed by atoms with van der Waals surface area (Å²) in [6, 6.07) is 4.03. The summed E-state index contributed by atoms with van der Waals surface area (Å²) >= 11 is 0. The van der Waals surface area contributed by atoms with Crippen LogP contribution in [0.2, 0.25) is 0 Å². The van der Waals surface area contributed by atoms with Crippen molar-refractivity contribution < 1.29 is 4.79 Å². The third kappa shape index (κ3) is 3.47. The number of amides is 1. The molecule has 3 heterocycles. The summed E-state index contributed by atoms with van der Waals surface area (Å²) in [6.45, 7) is 0. The van der Waals surface area contributed by atoms with Crippen LogP contribution in [0.5, 0.6) is 0 Å². The largest absolute Gasteiger partial charge is 0.311 e. The molecule has 3 aromatic rings. The van der Waals surface area contributed by atoms with Crippen molar-refractivity contribution in [3.8, 4) is 0 Å². The van der Waals surface area contributed by atoms with Crippen LogP contribution in [0.4, 0.5) is 5.82 Å². The fourth-order valence-corrected chi connectivity index (χ4v) is 4.90. The number of aromatic nitrogens is 5. The molecule has 8 heteroatoms. The molecule has 2 saturated carbocycles. The van der Waals surface area contributed by atoms with Crippen molar-refractivity contribution in [1.29, 1.82) is 0 Å². The Bertz CT molecular complexity index is 1080. The number of nitrogens with zero attached hydrogens (tertiary/aromatic N) is 4. The predicted octanol–water partition coefficient (Wildman–Crippen LogP) is 3.33. The Labute approximate surface area is 168 Å². The second kappa shape index (κ2) is 7.50. The molecule has 3 aromatic heterocycles. The lowest BCUT2D eigenvalue weighted by Gasteiger charge is -2.15. The lowest BCUT2D eigenvalue weighted by molar-refractivity contribution is -0.115. The van der Waals surface area contributed by atoms with Gasteiger partial charge in [-0.1, -0.05) is 25.7 Å². The summed E-state index contributed by atoms with van der Waals surface area (Å²) in [5, 5.41) is 12.8. The zero-order valence-electron chi connectivity index (χ0n) is 16.4. The van der Waals surface area contributed by atoms with Gasteiger partial charge in [-0.3, -0.25) is 9.59 Å². The SMILES string of the molecule is O=C(Cc1cc(=O)[nH]c2c1cnn2C1CCCC1)Nc1ccnn1C1CCCC1. The Morgan fingerprint density at radius 3 is 2.48 bits per heavy atom. The van der Waals surface area contributed by atoms with E-state index in [1.165, 1.54) is 31.7 Å². The third-order valence-corrected chi connectivity index (χ3v) is 6.32. The van der Waals surface area contributed by atoms with Gasteiger partial charge in [-0.05, 0) is 31.2 Å². The average Bonchev–Trinajstić information content (AvgIpc) is 3.47. The molecule has 2 fully saturated rings. The molecular formula is C21H26N6O2. The van der Waals surface area contributed by atoms with E-state index in [9.17, 15) is 9.59 Å². The van der Waals surface area contributed by atoms with Crippen LogP contribution in [-0.4, -0.2) is 30.5 Å². The van der Waals surface area contributed by atoms with Gasteiger partial charge in [-0.2, -0.15) is 10.2 Å². The Balaban J connectivity index is 1.38. The number of fused-ring (bicyclic) bond motifs is 1. The molecule has 8 nitrogen and oxygen atoms in total. The van der Waals surface area contributed by atoms with Gasteiger partial charge in [0.25, 0.3) is 0 Å².